The molecule has 0 aliphatic carbocycles. The molecule has 1 aliphatic rings. The summed E-state index contributed by atoms with van der Waals surface area (Å²) in [6.07, 6.45) is 4.05. The Morgan fingerprint density at radius 3 is 2.80 bits per heavy atom. The van der Waals surface area contributed by atoms with Gasteiger partial charge in [-0.1, -0.05) is 11.8 Å². The zero-order valence-electron chi connectivity index (χ0n) is 11.9. The molecule has 1 aliphatic heterocycles. The molecule has 0 unspecified atom stereocenters. The number of nitrogens with zero attached hydrogens (tertiary/aromatic N) is 3. The van der Waals surface area contributed by atoms with E-state index in [2.05, 4.69) is 20.2 Å². The van der Waals surface area contributed by atoms with Crippen LogP contribution in [0, 0.1) is 5.92 Å². The Bertz CT molecular complexity index is 474. The maximum atomic E-state index is 10.9. The number of thioether (sulfide) groups is 1. The maximum absolute atomic E-state index is 10.9. The highest BCUT2D eigenvalue weighted by Gasteiger charge is 2.21. The van der Waals surface area contributed by atoms with E-state index in [1.807, 2.05) is 12.3 Å². The molecular weight excluding hydrogens is 274 g/mol. The van der Waals surface area contributed by atoms with E-state index in [-0.39, 0.29) is 5.91 Å². The average molecular weight is 295 g/mol. The third-order valence-corrected chi connectivity index (χ3v) is 4.02. The number of piperidine rings is 1. The highest BCUT2D eigenvalue weighted by molar-refractivity contribution is 7.98. The van der Waals surface area contributed by atoms with E-state index in [4.69, 9.17) is 5.73 Å². The number of aromatic nitrogens is 2. The molecule has 0 atom stereocenters. The number of rotatable bonds is 4. The molecule has 1 saturated heterocycles. The van der Waals surface area contributed by atoms with Crippen molar-refractivity contribution in [3.63, 3.8) is 0 Å². The van der Waals surface area contributed by atoms with E-state index in [1.54, 1.807) is 6.92 Å². The molecule has 2 rings (SSSR count). The van der Waals surface area contributed by atoms with Crippen molar-refractivity contribution in [2.75, 3.05) is 36.5 Å². The number of nitrogens with two attached hydrogens (primary N) is 1. The van der Waals surface area contributed by atoms with Crippen molar-refractivity contribution in [2.24, 2.45) is 5.92 Å². The van der Waals surface area contributed by atoms with Gasteiger partial charge in [0, 0.05) is 32.6 Å². The number of carbonyl (C=O) groups is 1. The molecule has 1 aromatic heterocycles. The van der Waals surface area contributed by atoms with Gasteiger partial charge in [0.15, 0.2) is 5.16 Å². The summed E-state index contributed by atoms with van der Waals surface area (Å²) in [5, 5.41) is 3.60. The van der Waals surface area contributed by atoms with Crippen LogP contribution in [-0.2, 0) is 4.79 Å². The first kappa shape index (κ1) is 14.9. The zero-order chi connectivity index (χ0) is 14.5. The summed E-state index contributed by atoms with van der Waals surface area (Å²) in [6, 6.07) is 1.83. The summed E-state index contributed by atoms with van der Waals surface area (Å²) in [7, 11) is 0. The molecule has 1 aromatic rings. The van der Waals surface area contributed by atoms with Gasteiger partial charge in [0.2, 0.25) is 5.91 Å². The second kappa shape index (κ2) is 6.78. The van der Waals surface area contributed by atoms with Gasteiger partial charge in [0.05, 0.1) is 0 Å². The monoisotopic (exact) mass is 295 g/mol. The van der Waals surface area contributed by atoms with Crippen LogP contribution in [0.5, 0.6) is 0 Å². The number of carbonyl (C=O) groups excluding carboxylic acids is 1. The summed E-state index contributed by atoms with van der Waals surface area (Å²) in [6.45, 7) is 4.21. The summed E-state index contributed by atoms with van der Waals surface area (Å²) in [4.78, 5) is 21.8. The number of hydrogen-bond acceptors (Lipinski definition) is 6. The second-order valence-corrected chi connectivity index (χ2v) is 5.78. The molecule has 0 spiro atoms. The Kier molecular flexibility index (Phi) is 5.05. The van der Waals surface area contributed by atoms with Crippen molar-refractivity contribution in [1.29, 1.82) is 0 Å². The largest absolute Gasteiger partial charge is 0.383 e. The molecule has 2 heterocycles. The van der Waals surface area contributed by atoms with Gasteiger partial charge in [-0.2, -0.15) is 0 Å². The van der Waals surface area contributed by atoms with Crippen molar-refractivity contribution in [3.05, 3.63) is 6.07 Å². The molecule has 3 N–H and O–H groups in total. The number of nitrogen functional groups attached to an aromatic ring is 1. The summed E-state index contributed by atoms with van der Waals surface area (Å²) in [5.74, 6) is 2.01. The summed E-state index contributed by atoms with van der Waals surface area (Å²) in [5.41, 5.74) is 5.81. The standard InChI is InChI=1S/C13H21N5OS/c1-9(19)15-8-10-3-5-18(6-4-10)12-7-11(14)16-13(17-12)20-2/h7,10H,3-6,8H2,1-2H3,(H,15,19)(H2,14,16,17). The Morgan fingerprint density at radius 2 is 2.20 bits per heavy atom. The molecule has 20 heavy (non-hydrogen) atoms. The molecular formula is C13H21N5OS. The van der Waals surface area contributed by atoms with Crippen molar-refractivity contribution in [3.8, 4) is 0 Å². The lowest BCUT2D eigenvalue weighted by molar-refractivity contribution is -0.119. The van der Waals surface area contributed by atoms with E-state index >= 15 is 0 Å². The van der Waals surface area contributed by atoms with Gasteiger partial charge in [0.25, 0.3) is 0 Å². The fourth-order valence-electron chi connectivity index (χ4n) is 2.34. The van der Waals surface area contributed by atoms with Crippen LogP contribution in [0.1, 0.15) is 19.8 Å². The van der Waals surface area contributed by atoms with Gasteiger partial charge in [-0.3, -0.25) is 4.79 Å². The fourth-order valence-corrected chi connectivity index (χ4v) is 2.72. The van der Waals surface area contributed by atoms with Crippen molar-refractivity contribution >= 4 is 29.3 Å². The van der Waals surface area contributed by atoms with E-state index in [9.17, 15) is 4.79 Å². The molecule has 0 bridgehead atoms. The SMILES string of the molecule is CSc1nc(N)cc(N2CCC(CNC(C)=O)CC2)n1. The highest BCUT2D eigenvalue weighted by Crippen LogP contribution is 2.24. The van der Waals surface area contributed by atoms with Crippen molar-refractivity contribution in [1.82, 2.24) is 15.3 Å². The van der Waals surface area contributed by atoms with Gasteiger partial charge in [-0.05, 0) is 25.0 Å². The first-order chi connectivity index (χ1) is 9.58. The summed E-state index contributed by atoms with van der Waals surface area (Å²) >= 11 is 1.50. The van der Waals surface area contributed by atoms with E-state index < -0.39 is 0 Å². The van der Waals surface area contributed by atoms with Crippen LogP contribution >= 0.6 is 11.8 Å². The van der Waals surface area contributed by atoms with Crippen LogP contribution in [0.2, 0.25) is 0 Å². The first-order valence-corrected chi connectivity index (χ1v) is 7.99. The molecule has 0 aromatic carbocycles. The van der Waals surface area contributed by atoms with Gasteiger partial charge >= 0.3 is 0 Å². The molecule has 0 radical (unpaired) electrons. The van der Waals surface area contributed by atoms with Gasteiger partial charge in [-0.25, -0.2) is 9.97 Å². The number of nitrogens with one attached hydrogen (secondary N) is 1. The predicted molar refractivity (Wildman–Crippen MR) is 81.8 cm³/mol. The molecule has 1 amide bonds. The lowest BCUT2D eigenvalue weighted by Gasteiger charge is -2.32. The minimum Gasteiger partial charge on any atom is -0.383 e. The van der Waals surface area contributed by atoms with Crippen LogP contribution in [0.25, 0.3) is 0 Å². The molecule has 1 fully saturated rings. The number of amides is 1. The lowest BCUT2D eigenvalue weighted by atomic mass is 9.97. The zero-order valence-corrected chi connectivity index (χ0v) is 12.7. The van der Waals surface area contributed by atoms with E-state index in [0.717, 1.165) is 38.3 Å². The Labute approximate surface area is 123 Å². The van der Waals surface area contributed by atoms with Crippen LogP contribution in [0.4, 0.5) is 11.6 Å². The van der Waals surface area contributed by atoms with Crippen LogP contribution in [0.3, 0.4) is 0 Å². The average Bonchev–Trinajstić information content (AvgIpc) is 2.45. The minimum atomic E-state index is 0.0422. The third-order valence-electron chi connectivity index (χ3n) is 3.47. The van der Waals surface area contributed by atoms with Gasteiger partial charge < -0.3 is 16.0 Å². The van der Waals surface area contributed by atoms with E-state index in [1.165, 1.54) is 11.8 Å². The molecule has 0 saturated carbocycles. The Morgan fingerprint density at radius 1 is 1.50 bits per heavy atom. The van der Waals surface area contributed by atoms with Gasteiger partial charge in [0.1, 0.15) is 11.6 Å². The number of hydrogen-bond donors (Lipinski definition) is 2. The highest BCUT2D eigenvalue weighted by atomic mass is 32.2. The third kappa shape index (κ3) is 4.00. The van der Waals surface area contributed by atoms with Crippen LogP contribution < -0.4 is 16.0 Å². The lowest BCUT2D eigenvalue weighted by Crippen LogP contribution is -2.38. The quantitative estimate of drug-likeness (QED) is 0.640. The Hall–Kier alpha value is -1.50. The molecule has 7 heteroatoms. The topological polar surface area (TPSA) is 84.1 Å². The van der Waals surface area contributed by atoms with Crippen LogP contribution in [0.15, 0.2) is 11.2 Å². The second-order valence-electron chi connectivity index (χ2n) is 5.01. The van der Waals surface area contributed by atoms with Crippen LogP contribution in [-0.4, -0.2) is 41.8 Å². The molecule has 6 nitrogen and oxygen atoms in total. The minimum absolute atomic E-state index is 0.0422. The number of anilines is 2. The Balaban J connectivity index is 1.93. The van der Waals surface area contributed by atoms with E-state index in [0.29, 0.717) is 16.9 Å². The normalized spacial score (nSPS) is 16.2. The summed E-state index contributed by atoms with van der Waals surface area (Å²) < 4.78 is 0. The van der Waals surface area contributed by atoms with Crippen molar-refractivity contribution < 1.29 is 4.79 Å². The van der Waals surface area contributed by atoms with Crippen molar-refractivity contribution in [2.45, 2.75) is 24.9 Å². The molecule has 110 valence electrons. The van der Waals surface area contributed by atoms with Gasteiger partial charge in [-0.15, -0.1) is 0 Å². The fraction of sp³-hybridized carbons (Fsp3) is 0.615. The maximum Gasteiger partial charge on any atom is 0.216 e. The first-order valence-electron chi connectivity index (χ1n) is 6.76. The smallest absolute Gasteiger partial charge is 0.216 e. The predicted octanol–water partition coefficient (Wildman–Crippen LogP) is 1.13.